The highest BCUT2D eigenvalue weighted by Crippen LogP contribution is 2.33. The van der Waals surface area contributed by atoms with Gasteiger partial charge in [-0.1, -0.05) is 13.8 Å². The molecule has 0 aromatic carbocycles. The first-order valence-electron chi connectivity index (χ1n) is 6.59. The van der Waals surface area contributed by atoms with Crippen LogP contribution in [0.4, 0.5) is 0 Å². The van der Waals surface area contributed by atoms with E-state index in [-0.39, 0.29) is 12.0 Å². The second-order valence-corrected chi connectivity index (χ2v) is 5.88. The molecular weight excluding hydrogens is 202 g/mol. The number of ether oxygens (including phenoxy) is 1. The van der Waals surface area contributed by atoms with E-state index in [0.717, 1.165) is 32.1 Å². The van der Waals surface area contributed by atoms with Crippen LogP contribution in [0.25, 0.3) is 0 Å². The molecule has 2 aliphatic rings. The highest BCUT2D eigenvalue weighted by molar-refractivity contribution is 4.91. The maximum absolute atomic E-state index is 9.60. The topological polar surface area (TPSA) is 32.7 Å². The van der Waals surface area contributed by atoms with Gasteiger partial charge in [-0.2, -0.15) is 0 Å². The summed E-state index contributed by atoms with van der Waals surface area (Å²) in [7, 11) is 0. The van der Waals surface area contributed by atoms with Crippen molar-refractivity contribution in [1.82, 2.24) is 4.90 Å². The number of nitrogens with zero attached hydrogens (tertiary/aromatic N) is 1. The molecule has 0 aliphatic carbocycles. The largest absolute Gasteiger partial charge is 0.396 e. The highest BCUT2D eigenvalue weighted by Gasteiger charge is 2.39. The summed E-state index contributed by atoms with van der Waals surface area (Å²) in [5.41, 5.74) is 0.0253. The lowest BCUT2D eigenvalue weighted by Crippen LogP contribution is -2.44. The third-order valence-electron chi connectivity index (χ3n) is 4.24. The fourth-order valence-electron chi connectivity index (χ4n) is 3.18. The van der Waals surface area contributed by atoms with Gasteiger partial charge < -0.3 is 9.84 Å². The van der Waals surface area contributed by atoms with E-state index in [1.54, 1.807) is 0 Å². The van der Waals surface area contributed by atoms with Gasteiger partial charge in [0.1, 0.15) is 0 Å². The average molecular weight is 227 g/mol. The summed E-state index contributed by atoms with van der Waals surface area (Å²) in [4.78, 5) is 2.58. The first-order chi connectivity index (χ1) is 7.67. The Morgan fingerprint density at radius 1 is 1.50 bits per heavy atom. The second-order valence-electron chi connectivity index (χ2n) is 5.88. The van der Waals surface area contributed by atoms with Gasteiger partial charge in [-0.05, 0) is 31.7 Å². The monoisotopic (exact) mass is 227 g/mol. The average Bonchev–Trinajstić information content (AvgIpc) is 2.88. The molecule has 0 amide bonds. The molecule has 0 aromatic heterocycles. The highest BCUT2D eigenvalue weighted by atomic mass is 16.5. The van der Waals surface area contributed by atoms with Crippen molar-refractivity contribution in [3.63, 3.8) is 0 Å². The zero-order valence-corrected chi connectivity index (χ0v) is 10.6. The Hall–Kier alpha value is -0.120. The molecule has 3 nitrogen and oxygen atoms in total. The lowest BCUT2D eigenvalue weighted by Gasteiger charge is -2.35. The summed E-state index contributed by atoms with van der Waals surface area (Å²) < 4.78 is 5.47. The summed E-state index contributed by atoms with van der Waals surface area (Å²) in [6.45, 7) is 8.66. The fraction of sp³-hybridized carbons (Fsp3) is 1.00. The number of hydrogen-bond acceptors (Lipinski definition) is 3. The Labute approximate surface area is 98.8 Å². The minimum absolute atomic E-state index is 0.0253. The quantitative estimate of drug-likeness (QED) is 0.790. The van der Waals surface area contributed by atoms with Gasteiger partial charge in [-0.3, -0.25) is 4.90 Å². The Bertz CT molecular complexity index is 224. The van der Waals surface area contributed by atoms with Crippen LogP contribution in [-0.2, 0) is 4.74 Å². The molecule has 1 N–H and O–H groups in total. The van der Waals surface area contributed by atoms with Crippen LogP contribution in [0.1, 0.15) is 33.1 Å². The molecule has 2 aliphatic heterocycles. The Kier molecular flexibility index (Phi) is 3.88. The maximum atomic E-state index is 9.60. The van der Waals surface area contributed by atoms with Gasteiger partial charge in [-0.25, -0.2) is 0 Å². The van der Waals surface area contributed by atoms with Crippen molar-refractivity contribution >= 4 is 0 Å². The Morgan fingerprint density at radius 2 is 2.31 bits per heavy atom. The van der Waals surface area contributed by atoms with E-state index in [4.69, 9.17) is 4.74 Å². The van der Waals surface area contributed by atoms with Crippen LogP contribution in [0.15, 0.2) is 0 Å². The minimum atomic E-state index is 0.0253. The van der Waals surface area contributed by atoms with Gasteiger partial charge >= 0.3 is 0 Å². The van der Waals surface area contributed by atoms with E-state index in [1.807, 2.05) is 0 Å². The summed E-state index contributed by atoms with van der Waals surface area (Å²) in [6, 6.07) is 0.712. The van der Waals surface area contributed by atoms with E-state index < -0.39 is 0 Å². The number of aliphatic hydroxyl groups is 1. The van der Waals surface area contributed by atoms with Gasteiger partial charge in [0.2, 0.25) is 0 Å². The molecule has 2 atom stereocenters. The normalized spacial score (nSPS) is 36.4. The first-order valence-corrected chi connectivity index (χ1v) is 6.59. The van der Waals surface area contributed by atoms with Crippen LogP contribution in [0.3, 0.4) is 0 Å². The zero-order chi connectivity index (χ0) is 11.6. The Balaban J connectivity index is 1.97. The number of likely N-dealkylation sites (tertiary alicyclic amines) is 1. The molecule has 2 rings (SSSR count). The molecular formula is C13H25NO2. The predicted octanol–water partition coefficient (Wildman–Crippen LogP) is 1.51. The van der Waals surface area contributed by atoms with Gasteiger partial charge in [0.25, 0.3) is 0 Å². The smallest absolute Gasteiger partial charge is 0.0557 e. The van der Waals surface area contributed by atoms with Gasteiger partial charge in [-0.15, -0.1) is 0 Å². The molecule has 94 valence electrons. The van der Waals surface area contributed by atoms with Crippen LogP contribution < -0.4 is 0 Å². The summed E-state index contributed by atoms with van der Waals surface area (Å²) in [5, 5.41) is 9.60. The summed E-state index contributed by atoms with van der Waals surface area (Å²) >= 11 is 0. The number of rotatable bonds is 4. The molecule has 0 bridgehead atoms. The molecule has 2 fully saturated rings. The maximum Gasteiger partial charge on any atom is 0.0557 e. The second kappa shape index (κ2) is 5.03. The number of hydrogen-bond donors (Lipinski definition) is 1. The molecule has 0 aromatic rings. The van der Waals surface area contributed by atoms with Gasteiger partial charge in [0.15, 0.2) is 0 Å². The van der Waals surface area contributed by atoms with Gasteiger partial charge in [0, 0.05) is 24.6 Å². The van der Waals surface area contributed by atoms with E-state index >= 15 is 0 Å². The summed E-state index contributed by atoms with van der Waals surface area (Å²) in [5.74, 6) is 0.723. The standard InChI is InChI=1S/C13H25NO2/c1-11(2)12-4-3-6-14(12)8-13(9-15)5-7-16-10-13/h11-12,15H,3-10H2,1-2H3. The third kappa shape index (κ3) is 2.41. The molecule has 2 saturated heterocycles. The van der Waals surface area contributed by atoms with Crippen molar-refractivity contribution in [1.29, 1.82) is 0 Å². The van der Waals surface area contributed by atoms with E-state index in [1.165, 1.54) is 19.4 Å². The van der Waals surface area contributed by atoms with Gasteiger partial charge in [0.05, 0.1) is 13.2 Å². The van der Waals surface area contributed by atoms with Crippen LogP contribution in [0.5, 0.6) is 0 Å². The number of aliphatic hydroxyl groups excluding tert-OH is 1. The van der Waals surface area contributed by atoms with Crippen molar-refractivity contribution in [2.75, 3.05) is 32.9 Å². The Morgan fingerprint density at radius 3 is 2.88 bits per heavy atom. The summed E-state index contributed by atoms with van der Waals surface area (Å²) in [6.07, 6.45) is 3.65. The zero-order valence-electron chi connectivity index (χ0n) is 10.6. The van der Waals surface area contributed by atoms with E-state index in [2.05, 4.69) is 18.7 Å². The van der Waals surface area contributed by atoms with Crippen molar-refractivity contribution in [3.05, 3.63) is 0 Å². The molecule has 0 saturated carbocycles. The van der Waals surface area contributed by atoms with Crippen molar-refractivity contribution in [2.24, 2.45) is 11.3 Å². The minimum Gasteiger partial charge on any atom is -0.396 e. The van der Waals surface area contributed by atoms with Crippen molar-refractivity contribution in [3.8, 4) is 0 Å². The molecule has 16 heavy (non-hydrogen) atoms. The first kappa shape index (κ1) is 12.3. The molecule has 0 spiro atoms. The predicted molar refractivity (Wildman–Crippen MR) is 64.4 cm³/mol. The third-order valence-corrected chi connectivity index (χ3v) is 4.24. The molecule has 2 heterocycles. The lowest BCUT2D eigenvalue weighted by atomic mass is 9.87. The van der Waals surface area contributed by atoms with Crippen LogP contribution in [0, 0.1) is 11.3 Å². The lowest BCUT2D eigenvalue weighted by molar-refractivity contribution is 0.0461. The van der Waals surface area contributed by atoms with E-state index in [0.29, 0.717) is 6.04 Å². The van der Waals surface area contributed by atoms with Crippen LogP contribution >= 0.6 is 0 Å². The SMILES string of the molecule is CC(C)C1CCCN1CC1(CO)CCOC1. The molecule has 3 heteroatoms. The molecule has 2 unspecified atom stereocenters. The van der Waals surface area contributed by atoms with Crippen molar-refractivity contribution < 1.29 is 9.84 Å². The molecule has 0 radical (unpaired) electrons. The van der Waals surface area contributed by atoms with Crippen LogP contribution in [0.2, 0.25) is 0 Å². The van der Waals surface area contributed by atoms with E-state index in [9.17, 15) is 5.11 Å². The van der Waals surface area contributed by atoms with Crippen LogP contribution in [-0.4, -0.2) is 49.0 Å². The fourth-order valence-corrected chi connectivity index (χ4v) is 3.18. The van der Waals surface area contributed by atoms with Crippen molar-refractivity contribution in [2.45, 2.75) is 39.2 Å².